The number of amides is 2. The second kappa shape index (κ2) is 5.38. The van der Waals surface area contributed by atoms with E-state index in [1.54, 1.807) is 12.1 Å². The molecule has 2 rings (SSSR count). The quantitative estimate of drug-likeness (QED) is 0.674. The number of oxazole rings is 1. The molecule has 2 amide bonds. The molecular formula is C12H13N3O4. The third-order valence-electron chi connectivity index (χ3n) is 2.47. The number of benzene rings is 1. The maximum absolute atomic E-state index is 11.8. The van der Waals surface area contributed by atoms with E-state index in [1.807, 2.05) is 0 Å². The molecule has 0 saturated heterocycles. The van der Waals surface area contributed by atoms with E-state index in [0.717, 1.165) is 0 Å². The Hall–Kier alpha value is -2.57. The summed E-state index contributed by atoms with van der Waals surface area (Å²) in [7, 11) is 0. The maximum atomic E-state index is 11.8. The van der Waals surface area contributed by atoms with Crippen molar-refractivity contribution in [3.05, 3.63) is 34.3 Å². The Labute approximate surface area is 108 Å². The molecule has 2 aromatic rings. The monoisotopic (exact) mass is 263 g/mol. The lowest BCUT2D eigenvalue weighted by Crippen LogP contribution is -2.33. The number of carbonyl (C=O) groups excluding carboxylic acids is 2. The van der Waals surface area contributed by atoms with Crippen LogP contribution < -0.4 is 16.4 Å². The van der Waals surface area contributed by atoms with Gasteiger partial charge < -0.3 is 15.1 Å². The van der Waals surface area contributed by atoms with Crippen molar-refractivity contribution >= 4 is 22.9 Å². The van der Waals surface area contributed by atoms with Gasteiger partial charge in [0.2, 0.25) is 5.91 Å². The zero-order valence-electron chi connectivity index (χ0n) is 10.3. The fraction of sp³-hybridized carbons (Fsp3) is 0.250. The minimum atomic E-state index is -0.557. The van der Waals surface area contributed by atoms with Crippen LogP contribution in [0.2, 0.25) is 0 Å². The smallest absolute Gasteiger partial charge is 0.408 e. The van der Waals surface area contributed by atoms with Gasteiger partial charge >= 0.3 is 5.76 Å². The summed E-state index contributed by atoms with van der Waals surface area (Å²) >= 11 is 0. The lowest BCUT2D eigenvalue weighted by Gasteiger charge is -2.05. The highest BCUT2D eigenvalue weighted by atomic mass is 16.4. The molecule has 0 aliphatic heterocycles. The molecule has 0 spiro atoms. The van der Waals surface area contributed by atoms with Crippen molar-refractivity contribution in [1.82, 2.24) is 15.6 Å². The Morgan fingerprint density at radius 2 is 2.00 bits per heavy atom. The average molecular weight is 263 g/mol. The third kappa shape index (κ3) is 3.21. The maximum Gasteiger partial charge on any atom is 0.417 e. The summed E-state index contributed by atoms with van der Waals surface area (Å²) in [6.45, 7) is 2.10. The van der Waals surface area contributed by atoms with Crippen LogP contribution >= 0.6 is 0 Å². The van der Waals surface area contributed by atoms with Crippen molar-refractivity contribution in [2.75, 3.05) is 13.1 Å². The van der Waals surface area contributed by atoms with Gasteiger partial charge in [0.25, 0.3) is 5.91 Å². The highest BCUT2D eigenvalue weighted by Crippen LogP contribution is 2.11. The van der Waals surface area contributed by atoms with Crippen LogP contribution in [0.1, 0.15) is 17.3 Å². The number of aromatic nitrogens is 1. The van der Waals surface area contributed by atoms with Crippen LogP contribution in [0, 0.1) is 0 Å². The van der Waals surface area contributed by atoms with Crippen LogP contribution in [0.5, 0.6) is 0 Å². The second-order valence-electron chi connectivity index (χ2n) is 3.96. The lowest BCUT2D eigenvalue weighted by atomic mass is 10.2. The summed E-state index contributed by atoms with van der Waals surface area (Å²) in [4.78, 5) is 35.9. The van der Waals surface area contributed by atoms with Gasteiger partial charge in [0.1, 0.15) is 0 Å². The molecule has 0 saturated carbocycles. The van der Waals surface area contributed by atoms with Crippen molar-refractivity contribution in [2.45, 2.75) is 6.92 Å². The number of rotatable bonds is 4. The predicted molar refractivity (Wildman–Crippen MR) is 67.9 cm³/mol. The molecule has 3 N–H and O–H groups in total. The van der Waals surface area contributed by atoms with E-state index in [0.29, 0.717) is 29.8 Å². The third-order valence-corrected chi connectivity index (χ3v) is 2.47. The van der Waals surface area contributed by atoms with Gasteiger partial charge in [-0.1, -0.05) is 0 Å². The van der Waals surface area contributed by atoms with E-state index in [4.69, 9.17) is 4.42 Å². The van der Waals surface area contributed by atoms with Crippen molar-refractivity contribution in [3.8, 4) is 0 Å². The van der Waals surface area contributed by atoms with E-state index in [1.165, 1.54) is 13.0 Å². The molecule has 0 bridgehead atoms. The number of nitrogens with one attached hydrogen (secondary N) is 3. The molecule has 0 unspecified atom stereocenters. The van der Waals surface area contributed by atoms with Crippen LogP contribution in [0.3, 0.4) is 0 Å². The van der Waals surface area contributed by atoms with E-state index in [9.17, 15) is 14.4 Å². The van der Waals surface area contributed by atoms with Gasteiger partial charge in [-0.3, -0.25) is 14.6 Å². The first-order chi connectivity index (χ1) is 9.06. The normalized spacial score (nSPS) is 10.4. The fourth-order valence-corrected chi connectivity index (χ4v) is 1.60. The Morgan fingerprint density at radius 3 is 2.74 bits per heavy atom. The molecule has 100 valence electrons. The van der Waals surface area contributed by atoms with Crippen molar-refractivity contribution in [3.63, 3.8) is 0 Å². The Morgan fingerprint density at radius 1 is 1.26 bits per heavy atom. The SMILES string of the molecule is CC(=O)NCCNC(=O)c1ccc2[nH]c(=O)oc2c1. The summed E-state index contributed by atoms with van der Waals surface area (Å²) < 4.78 is 4.87. The fourth-order valence-electron chi connectivity index (χ4n) is 1.60. The lowest BCUT2D eigenvalue weighted by molar-refractivity contribution is -0.118. The molecule has 0 fully saturated rings. The van der Waals surface area contributed by atoms with Gasteiger partial charge in [-0.2, -0.15) is 0 Å². The standard InChI is InChI=1S/C12H13N3O4/c1-7(16)13-4-5-14-11(17)8-2-3-9-10(6-8)19-12(18)15-9/h2-3,6H,4-5H2,1H3,(H,13,16)(H,14,17)(H,15,18). The first-order valence-corrected chi connectivity index (χ1v) is 5.72. The summed E-state index contributed by atoms with van der Waals surface area (Å²) in [5.41, 5.74) is 1.26. The molecule has 1 aromatic heterocycles. The van der Waals surface area contributed by atoms with E-state index in [2.05, 4.69) is 15.6 Å². The molecule has 1 aromatic carbocycles. The first-order valence-electron chi connectivity index (χ1n) is 5.72. The van der Waals surface area contributed by atoms with Gasteiger partial charge in [-0.25, -0.2) is 4.79 Å². The van der Waals surface area contributed by atoms with Crippen LogP contribution in [0.25, 0.3) is 11.1 Å². The van der Waals surface area contributed by atoms with Gasteiger partial charge in [0, 0.05) is 25.6 Å². The summed E-state index contributed by atoms with van der Waals surface area (Å²) in [5, 5.41) is 5.21. The zero-order chi connectivity index (χ0) is 13.8. The van der Waals surface area contributed by atoms with Gasteiger partial charge in [-0.05, 0) is 18.2 Å². The average Bonchev–Trinajstić information content (AvgIpc) is 2.73. The van der Waals surface area contributed by atoms with Gasteiger partial charge in [0.05, 0.1) is 5.52 Å². The molecular weight excluding hydrogens is 250 g/mol. The minimum Gasteiger partial charge on any atom is -0.408 e. The summed E-state index contributed by atoms with van der Waals surface area (Å²) in [5.74, 6) is -1.00. The molecule has 0 aliphatic rings. The Balaban J connectivity index is 2.00. The number of hydrogen-bond acceptors (Lipinski definition) is 4. The van der Waals surface area contributed by atoms with Crippen LogP contribution in [0.4, 0.5) is 0 Å². The minimum absolute atomic E-state index is 0.148. The van der Waals surface area contributed by atoms with Crippen molar-refractivity contribution < 1.29 is 14.0 Å². The Bertz CT molecular complexity index is 671. The van der Waals surface area contributed by atoms with E-state index in [-0.39, 0.29) is 11.8 Å². The molecule has 7 nitrogen and oxygen atoms in total. The first kappa shape index (κ1) is 12.9. The number of aromatic amines is 1. The molecule has 19 heavy (non-hydrogen) atoms. The van der Waals surface area contributed by atoms with Gasteiger partial charge in [0.15, 0.2) is 5.58 Å². The topological polar surface area (TPSA) is 104 Å². The van der Waals surface area contributed by atoms with Crippen LogP contribution in [-0.2, 0) is 4.79 Å². The summed E-state index contributed by atoms with van der Waals surface area (Å²) in [6, 6.07) is 4.67. The second-order valence-corrected chi connectivity index (χ2v) is 3.96. The number of carbonyl (C=O) groups is 2. The van der Waals surface area contributed by atoms with Crippen LogP contribution in [-0.4, -0.2) is 29.9 Å². The molecule has 7 heteroatoms. The molecule has 0 atom stereocenters. The molecule has 0 radical (unpaired) electrons. The van der Waals surface area contributed by atoms with E-state index < -0.39 is 5.76 Å². The zero-order valence-corrected chi connectivity index (χ0v) is 10.3. The summed E-state index contributed by atoms with van der Waals surface area (Å²) in [6.07, 6.45) is 0. The largest absolute Gasteiger partial charge is 0.417 e. The van der Waals surface area contributed by atoms with Crippen LogP contribution in [0.15, 0.2) is 27.4 Å². The highest BCUT2D eigenvalue weighted by Gasteiger charge is 2.08. The predicted octanol–water partition coefficient (Wildman–Crippen LogP) is -0.0130. The van der Waals surface area contributed by atoms with Crippen molar-refractivity contribution in [2.24, 2.45) is 0 Å². The highest BCUT2D eigenvalue weighted by molar-refractivity contribution is 5.96. The molecule has 0 aliphatic carbocycles. The molecule has 1 heterocycles. The van der Waals surface area contributed by atoms with Gasteiger partial charge in [-0.15, -0.1) is 0 Å². The Kier molecular flexibility index (Phi) is 3.65. The van der Waals surface area contributed by atoms with E-state index >= 15 is 0 Å². The number of hydrogen-bond donors (Lipinski definition) is 3. The number of fused-ring (bicyclic) bond motifs is 1. The van der Waals surface area contributed by atoms with Crippen molar-refractivity contribution in [1.29, 1.82) is 0 Å². The number of H-pyrrole nitrogens is 1.